The van der Waals surface area contributed by atoms with E-state index in [0.717, 1.165) is 80.1 Å². The van der Waals surface area contributed by atoms with Gasteiger partial charge in [-0.25, -0.2) is 0 Å². The standard InChI is InChI=1S/C40H24O4/c41-23-25-11-9-17-31-37(25)38-26(24-42)12-10-18-32(38)40(29-15-3-7-21-35(29)44-36-22-8-4-16-30(36)40)39(31)27-13-1-5-19-33(27)43-34-20-6-2-14-28(34)39/h1-24H. The predicted molar refractivity (Wildman–Crippen MR) is 168 cm³/mol. The number of ether oxygens (including phenoxy) is 2. The third-order valence-electron chi connectivity index (χ3n) is 9.67. The summed E-state index contributed by atoms with van der Waals surface area (Å²) in [5.41, 5.74) is 6.43. The molecule has 0 saturated carbocycles. The molecule has 4 heteroatoms. The van der Waals surface area contributed by atoms with Crippen LogP contribution in [0, 0.1) is 0 Å². The fourth-order valence-electron chi connectivity index (χ4n) is 8.30. The molecular weight excluding hydrogens is 544 g/mol. The number of hydrogen-bond acceptors (Lipinski definition) is 4. The van der Waals surface area contributed by atoms with Crippen molar-refractivity contribution >= 4 is 12.6 Å². The second-order valence-corrected chi connectivity index (χ2v) is 11.5. The van der Waals surface area contributed by atoms with Crippen LogP contribution < -0.4 is 9.47 Å². The SMILES string of the molecule is O=Cc1cccc2c1-c1c(C=O)cccc1C1(c3ccccc3Oc3ccccc31)C21c2ccccc2Oc2ccccc21. The van der Waals surface area contributed by atoms with Gasteiger partial charge in [-0.05, 0) is 46.5 Å². The van der Waals surface area contributed by atoms with E-state index in [4.69, 9.17) is 9.47 Å². The van der Waals surface area contributed by atoms with Crippen LogP contribution in [0.2, 0.25) is 0 Å². The van der Waals surface area contributed by atoms with Gasteiger partial charge in [0.15, 0.2) is 12.6 Å². The van der Waals surface area contributed by atoms with Gasteiger partial charge in [0, 0.05) is 33.4 Å². The molecule has 6 aromatic rings. The lowest BCUT2D eigenvalue weighted by atomic mass is 9.42. The smallest absolute Gasteiger partial charge is 0.150 e. The van der Waals surface area contributed by atoms with E-state index in [-0.39, 0.29) is 0 Å². The number of carbonyl (C=O) groups is 2. The summed E-state index contributed by atoms with van der Waals surface area (Å²) in [4.78, 5) is 25.8. The minimum atomic E-state index is -0.947. The Kier molecular flexibility index (Phi) is 5.01. The Labute approximate surface area is 254 Å². The first kappa shape index (κ1) is 24.8. The number of fused-ring (bicyclic) bond motifs is 14. The molecule has 6 aromatic carbocycles. The zero-order chi connectivity index (χ0) is 29.5. The van der Waals surface area contributed by atoms with Crippen LogP contribution >= 0.6 is 0 Å². The first-order valence-corrected chi connectivity index (χ1v) is 14.7. The molecule has 9 rings (SSSR count). The molecular formula is C40H24O4. The normalized spacial score (nSPS) is 15.3. The van der Waals surface area contributed by atoms with Crippen molar-refractivity contribution in [3.63, 3.8) is 0 Å². The van der Waals surface area contributed by atoms with E-state index in [1.807, 2.05) is 97.1 Å². The zero-order valence-corrected chi connectivity index (χ0v) is 23.5. The minimum Gasteiger partial charge on any atom is -0.457 e. The summed E-state index contributed by atoms with van der Waals surface area (Å²) < 4.78 is 13.3. The van der Waals surface area contributed by atoms with Crippen LogP contribution in [0.5, 0.6) is 23.0 Å². The van der Waals surface area contributed by atoms with Crippen molar-refractivity contribution in [1.29, 1.82) is 0 Å². The quantitative estimate of drug-likeness (QED) is 0.196. The summed E-state index contributed by atoms with van der Waals surface area (Å²) in [6.45, 7) is 0. The minimum absolute atomic E-state index is 0.530. The van der Waals surface area contributed by atoms with Crippen LogP contribution in [0.15, 0.2) is 133 Å². The van der Waals surface area contributed by atoms with E-state index in [0.29, 0.717) is 11.1 Å². The lowest BCUT2D eigenvalue weighted by Crippen LogP contribution is -2.57. The second-order valence-electron chi connectivity index (χ2n) is 11.5. The topological polar surface area (TPSA) is 52.6 Å². The summed E-state index contributed by atoms with van der Waals surface area (Å²) in [7, 11) is 0. The highest BCUT2D eigenvalue weighted by atomic mass is 16.5. The van der Waals surface area contributed by atoms with Gasteiger partial charge in [-0.15, -0.1) is 0 Å². The first-order chi connectivity index (χ1) is 21.7. The number of carbonyl (C=O) groups excluding carboxylic acids is 2. The van der Waals surface area contributed by atoms with Crippen molar-refractivity contribution in [3.05, 3.63) is 178 Å². The molecule has 2 aliphatic heterocycles. The molecule has 0 saturated heterocycles. The third kappa shape index (κ3) is 2.78. The zero-order valence-electron chi connectivity index (χ0n) is 23.5. The fourth-order valence-corrected chi connectivity index (χ4v) is 8.30. The molecule has 0 unspecified atom stereocenters. The second kappa shape index (κ2) is 8.88. The van der Waals surface area contributed by atoms with Gasteiger partial charge in [0.05, 0.1) is 10.8 Å². The summed E-state index contributed by atoms with van der Waals surface area (Å²) >= 11 is 0. The van der Waals surface area contributed by atoms with E-state index < -0.39 is 10.8 Å². The maximum absolute atomic E-state index is 12.9. The van der Waals surface area contributed by atoms with E-state index in [1.165, 1.54) is 0 Å². The number of hydrogen-bond donors (Lipinski definition) is 0. The largest absolute Gasteiger partial charge is 0.457 e. The average Bonchev–Trinajstić information content (AvgIpc) is 3.09. The van der Waals surface area contributed by atoms with Gasteiger partial charge in [0.1, 0.15) is 23.0 Å². The molecule has 2 heterocycles. The molecule has 0 atom stereocenters. The van der Waals surface area contributed by atoms with Gasteiger partial charge in [0.2, 0.25) is 0 Å². The molecule has 0 radical (unpaired) electrons. The van der Waals surface area contributed by atoms with Gasteiger partial charge in [-0.3, -0.25) is 9.59 Å². The van der Waals surface area contributed by atoms with E-state index in [9.17, 15) is 9.59 Å². The average molecular weight is 569 g/mol. The molecule has 0 fully saturated rings. The molecule has 3 aliphatic rings. The molecule has 0 bridgehead atoms. The van der Waals surface area contributed by atoms with Crippen molar-refractivity contribution in [2.75, 3.05) is 0 Å². The number of para-hydroxylation sites is 4. The molecule has 4 nitrogen and oxygen atoms in total. The molecule has 2 spiro atoms. The maximum atomic E-state index is 12.9. The monoisotopic (exact) mass is 568 g/mol. The molecule has 44 heavy (non-hydrogen) atoms. The van der Waals surface area contributed by atoms with E-state index in [1.54, 1.807) is 0 Å². The lowest BCUT2D eigenvalue weighted by Gasteiger charge is -2.59. The van der Waals surface area contributed by atoms with Gasteiger partial charge in [-0.2, -0.15) is 0 Å². The number of benzene rings is 6. The Morgan fingerprint density at radius 2 is 0.659 bits per heavy atom. The van der Waals surface area contributed by atoms with Crippen LogP contribution in [0.25, 0.3) is 11.1 Å². The summed E-state index contributed by atoms with van der Waals surface area (Å²) in [6.07, 6.45) is 1.80. The summed E-state index contributed by atoms with van der Waals surface area (Å²) in [6, 6.07) is 44.6. The molecule has 1 aliphatic carbocycles. The fraction of sp³-hybridized carbons (Fsp3) is 0.0500. The Morgan fingerprint density at radius 1 is 0.364 bits per heavy atom. The Morgan fingerprint density at radius 3 is 0.977 bits per heavy atom. The Bertz CT molecular complexity index is 1950. The van der Waals surface area contributed by atoms with Crippen molar-refractivity contribution in [1.82, 2.24) is 0 Å². The predicted octanol–water partition coefficient (Wildman–Crippen LogP) is 8.87. The maximum Gasteiger partial charge on any atom is 0.150 e. The van der Waals surface area contributed by atoms with Crippen LogP contribution in [0.1, 0.15) is 54.1 Å². The Balaban J connectivity index is 1.66. The number of aldehydes is 2. The van der Waals surface area contributed by atoms with Crippen molar-refractivity contribution in [2.24, 2.45) is 0 Å². The van der Waals surface area contributed by atoms with E-state index >= 15 is 0 Å². The Hall–Kier alpha value is -5.74. The summed E-state index contributed by atoms with van der Waals surface area (Å²) in [5.74, 6) is 2.96. The molecule has 208 valence electrons. The lowest BCUT2D eigenvalue weighted by molar-refractivity contribution is 0.111. The van der Waals surface area contributed by atoms with Gasteiger partial charge in [-0.1, -0.05) is 109 Å². The van der Waals surface area contributed by atoms with Crippen LogP contribution in [-0.2, 0) is 10.8 Å². The van der Waals surface area contributed by atoms with Crippen LogP contribution in [0.4, 0.5) is 0 Å². The highest BCUT2D eigenvalue weighted by Crippen LogP contribution is 2.72. The van der Waals surface area contributed by atoms with Gasteiger partial charge >= 0.3 is 0 Å². The highest BCUT2D eigenvalue weighted by molar-refractivity contribution is 6.02. The number of rotatable bonds is 2. The molecule has 0 amide bonds. The summed E-state index contributed by atoms with van der Waals surface area (Å²) in [5, 5.41) is 0. The van der Waals surface area contributed by atoms with Crippen molar-refractivity contribution in [3.8, 4) is 34.1 Å². The van der Waals surface area contributed by atoms with Crippen molar-refractivity contribution in [2.45, 2.75) is 10.8 Å². The molecule has 0 aromatic heterocycles. The highest BCUT2D eigenvalue weighted by Gasteiger charge is 2.66. The van der Waals surface area contributed by atoms with Gasteiger partial charge < -0.3 is 9.47 Å². The van der Waals surface area contributed by atoms with Crippen LogP contribution in [-0.4, -0.2) is 12.6 Å². The van der Waals surface area contributed by atoms with E-state index in [2.05, 4.69) is 36.4 Å². The van der Waals surface area contributed by atoms with Crippen molar-refractivity contribution < 1.29 is 19.1 Å². The van der Waals surface area contributed by atoms with Crippen LogP contribution in [0.3, 0.4) is 0 Å². The first-order valence-electron chi connectivity index (χ1n) is 14.7. The third-order valence-corrected chi connectivity index (χ3v) is 9.67. The van der Waals surface area contributed by atoms with Gasteiger partial charge in [0.25, 0.3) is 0 Å². The molecule has 0 N–H and O–H groups in total.